The van der Waals surface area contributed by atoms with E-state index in [-0.39, 0.29) is 29.7 Å². The van der Waals surface area contributed by atoms with E-state index in [4.69, 9.17) is 0 Å². The van der Waals surface area contributed by atoms with Crippen LogP contribution in [-0.2, 0) is 11.3 Å². The number of amides is 2. The molecule has 4 atom stereocenters. The van der Waals surface area contributed by atoms with Gasteiger partial charge in [-0.15, -0.1) is 0 Å². The minimum Gasteiger partial charge on any atom is -0.396 e. The van der Waals surface area contributed by atoms with Crippen LogP contribution in [-0.4, -0.2) is 55.5 Å². The first kappa shape index (κ1) is 23.4. The van der Waals surface area contributed by atoms with Crippen LogP contribution >= 0.6 is 0 Å². The molecule has 4 heterocycles. The van der Waals surface area contributed by atoms with Gasteiger partial charge in [0.2, 0.25) is 5.91 Å². The summed E-state index contributed by atoms with van der Waals surface area (Å²) in [5.41, 5.74) is 2.54. The molecule has 35 heavy (non-hydrogen) atoms. The molecule has 2 N–H and O–H groups in total. The Bertz CT molecular complexity index is 1210. The molecule has 0 saturated carbocycles. The van der Waals surface area contributed by atoms with Crippen LogP contribution in [0.15, 0.2) is 41.6 Å². The van der Waals surface area contributed by atoms with E-state index in [1.807, 2.05) is 19.1 Å². The van der Waals surface area contributed by atoms with Gasteiger partial charge < -0.3 is 19.9 Å². The quantitative estimate of drug-likeness (QED) is 0.657. The number of carbonyl (C=O) groups excluding carboxylic acids is 2. The number of hydrogen-bond donors (Lipinski definition) is 2. The highest BCUT2D eigenvalue weighted by molar-refractivity contribution is 5.97. The molecule has 2 amide bonds. The van der Waals surface area contributed by atoms with Gasteiger partial charge in [-0.1, -0.05) is 13.0 Å². The molecule has 0 bridgehead atoms. The third-order valence-electron chi connectivity index (χ3n) is 7.55. The number of allylic oxidation sites excluding steroid dienone is 2. The standard InChI is InChI=1S/C26H31N5O4/c1-2-10-29-24(33)23-19(15-32)18-14-30-21(9-8-17(25(30)34)16-6-4-3-5-7-16)22(18)31(23)26(35)20-13-27-11-12-28-20/h6,8-9,11-13,18-19,22-23,32H,2-5,7,10,14-15H2,1H3,(H,29,33)/t18-,19-,22+,23-/m1/s1. The lowest BCUT2D eigenvalue weighted by Gasteiger charge is -2.30. The number of aromatic nitrogens is 3. The summed E-state index contributed by atoms with van der Waals surface area (Å²) < 4.78 is 1.74. The molecule has 2 aliphatic heterocycles. The van der Waals surface area contributed by atoms with E-state index in [0.717, 1.165) is 37.7 Å². The summed E-state index contributed by atoms with van der Waals surface area (Å²) in [6.07, 6.45) is 11.3. The van der Waals surface area contributed by atoms with E-state index in [1.54, 1.807) is 4.57 Å². The molecular formula is C26H31N5O4. The van der Waals surface area contributed by atoms with Crippen molar-refractivity contribution < 1.29 is 14.7 Å². The van der Waals surface area contributed by atoms with Crippen molar-refractivity contribution in [1.82, 2.24) is 24.8 Å². The maximum atomic E-state index is 13.7. The highest BCUT2D eigenvalue weighted by atomic mass is 16.3. The van der Waals surface area contributed by atoms with Gasteiger partial charge in [0.05, 0.1) is 12.2 Å². The summed E-state index contributed by atoms with van der Waals surface area (Å²) >= 11 is 0. The van der Waals surface area contributed by atoms with Gasteiger partial charge in [-0.25, -0.2) is 4.98 Å². The number of aliphatic hydroxyl groups is 1. The van der Waals surface area contributed by atoms with Crippen molar-refractivity contribution >= 4 is 17.4 Å². The molecule has 3 aliphatic rings. The van der Waals surface area contributed by atoms with Crippen LogP contribution in [0.25, 0.3) is 5.57 Å². The second-order valence-corrected chi connectivity index (χ2v) is 9.56. The fourth-order valence-electron chi connectivity index (χ4n) is 5.93. The lowest BCUT2D eigenvalue weighted by atomic mass is 9.88. The summed E-state index contributed by atoms with van der Waals surface area (Å²) in [6.45, 7) is 2.52. The summed E-state index contributed by atoms with van der Waals surface area (Å²) in [5, 5.41) is 13.3. The van der Waals surface area contributed by atoms with Gasteiger partial charge in [-0.2, -0.15) is 0 Å². The van der Waals surface area contributed by atoms with Crippen LogP contribution in [0.2, 0.25) is 0 Å². The number of fused-ring (bicyclic) bond motifs is 3. The first-order valence-electron chi connectivity index (χ1n) is 12.5. The molecule has 0 spiro atoms. The summed E-state index contributed by atoms with van der Waals surface area (Å²) in [4.78, 5) is 50.2. The minimum atomic E-state index is -0.861. The van der Waals surface area contributed by atoms with E-state index in [1.165, 1.54) is 23.5 Å². The molecule has 1 saturated heterocycles. The first-order valence-corrected chi connectivity index (χ1v) is 12.5. The molecule has 0 radical (unpaired) electrons. The van der Waals surface area contributed by atoms with E-state index >= 15 is 0 Å². The topological polar surface area (TPSA) is 117 Å². The van der Waals surface area contributed by atoms with Gasteiger partial charge >= 0.3 is 0 Å². The lowest BCUT2D eigenvalue weighted by molar-refractivity contribution is -0.126. The molecule has 2 aromatic rings. The smallest absolute Gasteiger partial charge is 0.275 e. The Labute approximate surface area is 203 Å². The largest absolute Gasteiger partial charge is 0.396 e. The molecule has 1 fully saturated rings. The fraction of sp³-hybridized carbons (Fsp3) is 0.500. The monoisotopic (exact) mass is 477 g/mol. The number of nitrogens with one attached hydrogen (secondary N) is 1. The second kappa shape index (κ2) is 9.73. The van der Waals surface area contributed by atoms with Gasteiger partial charge in [0.15, 0.2) is 0 Å². The molecule has 0 unspecified atom stereocenters. The fourth-order valence-corrected chi connectivity index (χ4v) is 5.93. The first-order chi connectivity index (χ1) is 17.1. The third kappa shape index (κ3) is 3.97. The van der Waals surface area contributed by atoms with Crippen LogP contribution in [0.4, 0.5) is 0 Å². The molecule has 9 heteroatoms. The van der Waals surface area contributed by atoms with Gasteiger partial charge in [0, 0.05) is 55.2 Å². The zero-order valence-corrected chi connectivity index (χ0v) is 19.9. The summed E-state index contributed by atoms with van der Waals surface area (Å²) in [7, 11) is 0. The second-order valence-electron chi connectivity index (χ2n) is 9.56. The van der Waals surface area contributed by atoms with Crippen molar-refractivity contribution in [3.05, 3.63) is 64.1 Å². The van der Waals surface area contributed by atoms with Crippen LogP contribution < -0.4 is 10.9 Å². The van der Waals surface area contributed by atoms with Crippen LogP contribution in [0, 0.1) is 11.8 Å². The van der Waals surface area contributed by atoms with Gasteiger partial charge in [-0.05, 0) is 49.8 Å². The number of aliphatic hydroxyl groups excluding tert-OH is 1. The maximum absolute atomic E-state index is 13.7. The van der Waals surface area contributed by atoms with Crippen molar-refractivity contribution in [1.29, 1.82) is 0 Å². The maximum Gasteiger partial charge on any atom is 0.275 e. The molecule has 2 aromatic heterocycles. The third-order valence-corrected chi connectivity index (χ3v) is 7.55. The Morgan fingerprint density at radius 1 is 1.23 bits per heavy atom. The minimum absolute atomic E-state index is 0.0689. The van der Waals surface area contributed by atoms with Crippen molar-refractivity contribution in [3.8, 4) is 0 Å². The predicted octanol–water partition coefficient (Wildman–Crippen LogP) is 1.93. The van der Waals surface area contributed by atoms with Crippen molar-refractivity contribution in [2.45, 2.75) is 57.7 Å². The average molecular weight is 478 g/mol. The predicted molar refractivity (Wildman–Crippen MR) is 129 cm³/mol. The number of likely N-dealkylation sites (tertiary alicyclic amines) is 1. The van der Waals surface area contributed by atoms with Crippen LogP contribution in [0.1, 0.15) is 66.8 Å². The molecule has 9 nitrogen and oxygen atoms in total. The molecular weight excluding hydrogens is 446 g/mol. The van der Waals surface area contributed by atoms with E-state index in [0.29, 0.717) is 24.3 Å². The zero-order valence-electron chi connectivity index (χ0n) is 19.9. The Morgan fingerprint density at radius 2 is 2.09 bits per heavy atom. The Hall–Kier alpha value is -3.33. The number of hydrogen-bond acceptors (Lipinski definition) is 6. The van der Waals surface area contributed by atoms with Gasteiger partial charge in [0.25, 0.3) is 11.5 Å². The number of carbonyl (C=O) groups is 2. The highest BCUT2D eigenvalue weighted by Gasteiger charge is 2.57. The van der Waals surface area contributed by atoms with Crippen LogP contribution in [0.5, 0.6) is 0 Å². The normalized spacial score (nSPS) is 25.1. The van der Waals surface area contributed by atoms with Gasteiger partial charge in [-0.3, -0.25) is 19.4 Å². The number of nitrogens with zero attached hydrogens (tertiary/aromatic N) is 4. The summed E-state index contributed by atoms with van der Waals surface area (Å²) in [6, 6.07) is 2.40. The molecule has 0 aromatic carbocycles. The van der Waals surface area contributed by atoms with Crippen molar-refractivity contribution in [3.63, 3.8) is 0 Å². The van der Waals surface area contributed by atoms with E-state index in [2.05, 4.69) is 21.4 Å². The summed E-state index contributed by atoms with van der Waals surface area (Å²) in [5.74, 6) is -1.49. The Kier molecular flexibility index (Phi) is 6.51. The molecule has 5 rings (SSSR count). The zero-order chi connectivity index (χ0) is 24.5. The number of rotatable bonds is 6. The van der Waals surface area contributed by atoms with E-state index < -0.39 is 23.9 Å². The van der Waals surface area contributed by atoms with Gasteiger partial charge in [0.1, 0.15) is 11.7 Å². The van der Waals surface area contributed by atoms with Crippen molar-refractivity contribution in [2.75, 3.05) is 13.2 Å². The van der Waals surface area contributed by atoms with Crippen LogP contribution in [0.3, 0.4) is 0 Å². The van der Waals surface area contributed by atoms with E-state index in [9.17, 15) is 19.5 Å². The average Bonchev–Trinajstić information content (AvgIpc) is 3.43. The molecule has 184 valence electrons. The highest BCUT2D eigenvalue weighted by Crippen LogP contribution is 2.49. The Morgan fingerprint density at radius 3 is 2.77 bits per heavy atom. The van der Waals surface area contributed by atoms with Crippen molar-refractivity contribution in [2.24, 2.45) is 11.8 Å². The number of pyridine rings is 1. The lowest BCUT2D eigenvalue weighted by Crippen LogP contribution is -2.50. The molecule has 1 aliphatic carbocycles. The SMILES string of the molecule is CCCNC(=O)[C@H]1[C@H](CO)[C@H]2Cn3c(ccc(C4=CCCCC4)c3=O)[C@H]2N1C(=O)c1cnccn1. The Balaban J connectivity index is 1.59.